The topological polar surface area (TPSA) is 26.0 Å². The van der Waals surface area contributed by atoms with E-state index in [1.54, 1.807) is 0 Å². The van der Waals surface area contributed by atoms with Crippen molar-refractivity contribution in [2.75, 3.05) is 6.54 Å². The van der Waals surface area contributed by atoms with Gasteiger partial charge in [0.05, 0.1) is 0 Å². The summed E-state index contributed by atoms with van der Waals surface area (Å²) in [6, 6.07) is 11.2. The molecule has 1 nitrogen and oxygen atoms in total. The minimum absolute atomic E-state index is 0.686. The molecule has 0 amide bonds. The van der Waals surface area contributed by atoms with Crippen LogP contribution in [0.1, 0.15) is 18.9 Å². The maximum Gasteiger partial charge on any atom is -0.00746 e. The third kappa shape index (κ3) is 3.05. The summed E-state index contributed by atoms with van der Waals surface area (Å²) >= 11 is 0. The fraction of sp³-hybridized carbons (Fsp3) is 0.455. The average Bonchev–Trinajstić information content (AvgIpc) is 2.06. The molecule has 1 heteroatoms. The van der Waals surface area contributed by atoms with Crippen molar-refractivity contribution in [3.8, 4) is 0 Å². The van der Waals surface area contributed by atoms with E-state index >= 15 is 0 Å². The van der Waals surface area contributed by atoms with Gasteiger partial charge in [-0.1, -0.05) is 31.2 Å². The van der Waals surface area contributed by atoms with Gasteiger partial charge >= 0.3 is 0 Å². The second-order valence-corrected chi connectivity index (χ2v) is 3.30. The zero-order valence-corrected chi connectivity index (χ0v) is 7.59. The molecule has 0 saturated carbocycles. The summed E-state index contributed by atoms with van der Waals surface area (Å²) in [5.41, 5.74) is 6.83. The van der Waals surface area contributed by atoms with Gasteiger partial charge in [0.15, 0.2) is 0 Å². The molecule has 0 saturated heterocycles. The van der Waals surface area contributed by atoms with Crippen LogP contribution in [-0.2, 0) is 6.42 Å². The molecule has 0 fully saturated rings. The molecular formula is C11H16N. The van der Waals surface area contributed by atoms with E-state index in [0.717, 1.165) is 19.4 Å². The van der Waals surface area contributed by atoms with Crippen LogP contribution in [0.5, 0.6) is 0 Å². The molecule has 1 aromatic rings. The fourth-order valence-corrected chi connectivity index (χ4v) is 1.35. The number of benzene rings is 1. The quantitative estimate of drug-likeness (QED) is 0.720. The van der Waals surface area contributed by atoms with Crippen LogP contribution in [-0.4, -0.2) is 6.54 Å². The Balaban J connectivity index is 2.41. The average molecular weight is 162 g/mol. The van der Waals surface area contributed by atoms with Gasteiger partial charge in [0.25, 0.3) is 0 Å². The van der Waals surface area contributed by atoms with Crippen LogP contribution in [0.15, 0.2) is 24.3 Å². The predicted molar refractivity (Wildman–Crippen MR) is 51.8 cm³/mol. The molecule has 12 heavy (non-hydrogen) atoms. The molecule has 65 valence electrons. The van der Waals surface area contributed by atoms with Crippen molar-refractivity contribution in [3.05, 3.63) is 35.9 Å². The molecule has 0 bridgehead atoms. The lowest BCUT2D eigenvalue weighted by Crippen LogP contribution is -2.07. The van der Waals surface area contributed by atoms with Gasteiger partial charge in [0, 0.05) is 0 Å². The van der Waals surface area contributed by atoms with Gasteiger partial charge in [-0.25, -0.2) is 0 Å². The third-order valence-electron chi connectivity index (χ3n) is 2.02. The van der Waals surface area contributed by atoms with Crippen LogP contribution >= 0.6 is 0 Å². The van der Waals surface area contributed by atoms with Gasteiger partial charge in [-0.3, -0.25) is 0 Å². The van der Waals surface area contributed by atoms with Gasteiger partial charge in [-0.05, 0) is 36.9 Å². The van der Waals surface area contributed by atoms with Crippen LogP contribution in [0.4, 0.5) is 0 Å². The predicted octanol–water partition coefficient (Wildman–Crippen LogP) is 2.01. The Morgan fingerprint density at radius 3 is 3.00 bits per heavy atom. The van der Waals surface area contributed by atoms with Crippen molar-refractivity contribution in [2.45, 2.75) is 19.8 Å². The number of nitrogens with two attached hydrogens (primary N) is 1. The first-order valence-electron chi connectivity index (χ1n) is 4.48. The highest BCUT2D eigenvalue weighted by atomic mass is 14.5. The lowest BCUT2D eigenvalue weighted by Gasteiger charge is -2.08. The van der Waals surface area contributed by atoms with Crippen LogP contribution in [0.25, 0.3) is 0 Å². The summed E-state index contributed by atoms with van der Waals surface area (Å²) in [5, 5.41) is 0. The SMILES string of the molecule is CC(CCN)Cc1c[c]ccc1. The minimum Gasteiger partial charge on any atom is -0.330 e. The molecule has 1 rings (SSSR count). The van der Waals surface area contributed by atoms with E-state index < -0.39 is 0 Å². The van der Waals surface area contributed by atoms with Crippen molar-refractivity contribution in [1.82, 2.24) is 0 Å². The Morgan fingerprint density at radius 2 is 2.42 bits per heavy atom. The molecule has 0 spiro atoms. The molecule has 0 aliphatic carbocycles. The molecular weight excluding hydrogens is 146 g/mol. The second-order valence-electron chi connectivity index (χ2n) is 3.30. The van der Waals surface area contributed by atoms with Crippen molar-refractivity contribution in [2.24, 2.45) is 11.7 Å². The Kier molecular flexibility index (Phi) is 3.81. The maximum atomic E-state index is 5.48. The molecule has 1 radical (unpaired) electrons. The lowest BCUT2D eigenvalue weighted by molar-refractivity contribution is 0.538. The summed E-state index contributed by atoms with van der Waals surface area (Å²) in [6.45, 7) is 3.03. The van der Waals surface area contributed by atoms with Gasteiger partial charge in [-0.15, -0.1) is 0 Å². The first-order valence-corrected chi connectivity index (χ1v) is 4.48. The normalized spacial score (nSPS) is 12.8. The molecule has 0 heterocycles. The Morgan fingerprint density at radius 1 is 1.58 bits per heavy atom. The summed E-state index contributed by atoms with van der Waals surface area (Å²) in [5.74, 6) is 0.686. The van der Waals surface area contributed by atoms with E-state index in [4.69, 9.17) is 5.73 Å². The summed E-state index contributed by atoms with van der Waals surface area (Å²) in [7, 11) is 0. The van der Waals surface area contributed by atoms with Gasteiger partial charge in [-0.2, -0.15) is 0 Å². The molecule has 0 aliphatic rings. The fourth-order valence-electron chi connectivity index (χ4n) is 1.35. The molecule has 1 aromatic carbocycles. The van der Waals surface area contributed by atoms with E-state index in [1.807, 2.05) is 18.2 Å². The first kappa shape index (κ1) is 9.27. The zero-order valence-electron chi connectivity index (χ0n) is 7.59. The number of hydrogen-bond acceptors (Lipinski definition) is 1. The van der Waals surface area contributed by atoms with Crippen LogP contribution in [0.2, 0.25) is 0 Å². The summed E-state index contributed by atoms with van der Waals surface area (Å²) < 4.78 is 0. The van der Waals surface area contributed by atoms with Crippen molar-refractivity contribution < 1.29 is 0 Å². The molecule has 2 N–H and O–H groups in total. The number of hydrogen-bond donors (Lipinski definition) is 1. The van der Waals surface area contributed by atoms with Crippen molar-refractivity contribution in [3.63, 3.8) is 0 Å². The lowest BCUT2D eigenvalue weighted by atomic mass is 9.98. The van der Waals surface area contributed by atoms with Crippen LogP contribution < -0.4 is 5.73 Å². The monoisotopic (exact) mass is 162 g/mol. The van der Waals surface area contributed by atoms with E-state index in [-0.39, 0.29) is 0 Å². The summed E-state index contributed by atoms with van der Waals surface area (Å²) in [4.78, 5) is 0. The molecule has 1 atom stereocenters. The van der Waals surface area contributed by atoms with Crippen molar-refractivity contribution >= 4 is 0 Å². The first-order chi connectivity index (χ1) is 5.83. The van der Waals surface area contributed by atoms with Crippen molar-refractivity contribution in [1.29, 1.82) is 0 Å². The number of rotatable bonds is 4. The van der Waals surface area contributed by atoms with Gasteiger partial charge < -0.3 is 5.73 Å². The van der Waals surface area contributed by atoms with Gasteiger partial charge in [0.1, 0.15) is 0 Å². The van der Waals surface area contributed by atoms with Crippen LogP contribution in [0, 0.1) is 12.0 Å². The van der Waals surface area contributed by atoms with E-state index in [0.29, 0.717) is 5.92 Å². The molecule has 0 aromatic heterocycles. The van der Waals surface area contributed by atoms with Crippen LogP contribution in [0.3, 0.4) is 0 Å². The smallest absolute Gasteiger partial charge is 0.00746 e. The van der Waals surface area contributed by atoms with E-state index in [2.05, 4.69) is 19.1 Å². The highest BCUT2D eigenvalue weighted by Crippen LogP contribution is 2.09. The highest BCUT2D eigenvalue weighted by molar-refractivity contribution is 5.13. The third-order valence-corrected chi connectivity index (χ3v) is 2.02. The Bertz CT molecular complexity index is 206. The molecule has 0 aliphatic heterocycles. The summed E-state index contributed by atoms with van der Waals surface area (Å²) in [6.07, 6.45) is 2.23. The Hall–Kier alpha value is -0.820. The Labute approximate surface area is 74.6 Å². The largest absolute Gasteiger partial charge is 0.330 e. The van der Waals surface area contributed by atoms with E-state index in [9.17, 15) is 0 Å². The molecule has 1 unspecified atom stereocenters. The second kappa shape index (κ2) is 4.94. The minimum atomic E-state index is 0.686. The van der Waals surface area contributed by atoms with E-state index in [1.165, 1.54) is 5.56 Å². The zero-order chi connectivity index (χ0) is 8.81. The van der Waals surface area contributed by atoms with Gasteiger partial charge in [0.2, 0.25) is 0 Å². The highest BCUT2D eigenvalue weighted by Gasteiger charge is 2.01. The maximum absolute atomic E-state index is 5.48. The standard InChI is InChI=1S/C11H16N/c1-10(7-8-12)9-11-5-3-2-4-6-11/h2-3,5-6,10H,7-9,12H2,1H3.